The quantitative estimate of drug-likeness (QED) is 0.788. The maximum absolute atomic E-state index is 10.9. The molecule has 0 bridgehead atoms. The minimum Gasteiger partial charge on any atom is -0.468 e. The van der Waals surface area contributed by atoms with Gasteiger partial charge >= 0.3 is 5.97 Å². The average Bonchev–Trinajstić information content (AvgIpc) is 2.18. The SMILES string of the molecule is COC(=O)[C@H](N)Cc1cccnn1.Cl.Cl. The molecule has 0 aliphatic carbocycles. The van der Waals surface area contributed by atoms with E-state index < -0.39 is 12.0 Å². The summed E-state index contributed by atoms with van der Waals surface area (Å²) >= 11 is 0. The van der Waals surface area contributed by atoms with E-state index in [1.807, 2.05) is 0 Å². The highest BCUT2D eigenvalue weighted by atomic mass is 35.5. The maximum Gasteiger partial charge on any atom is 0.323 e. The predicted octanol–water partition coefficient (Wildman–Crippen LogP) is 0.363. The van der Waals surface area contributed by atoms with Crippen LogP contribution in [0.1, 0.15) is 5.69 Å². The summed E-state index contributed by atoms with van der Waals surface area (Å²) in [5, 5.41) is 7.46. The van der Waals surface area contributed by atoms with E-state index in [4.69, 9.17) is 5.73 Å². The van der Waals surface area contributed by atoms with E-state index in [1.54, 1.807) is 18.3 Å². The Bertz CT molecular complexity index is 284. The smallest absolute Gasteiger partial charge is 0.323 e. The Kier molecular flexibility index (Phi) is 9.25. The van der Waals surface area contributed by atoms with Crippen molar-refractivity contribution in [3.05, 3.63) is 24.0 Å². The fraction of sp³-hybridized carbons (Fsp3) is 0.375. The number of hydrogen-bond donors (Lipinski definition) is 1. The van der Waals surface area contributed by atoms with Gasteiger partial charge in [0.2, 0.25) is 0 Å². The molecule has 0 fully saturated rings. The van der Waals surface area contributed by atoms with Gasteiger partial charge in [0.1, 0.15) is 6.04 Å². The Balaban J connectivity index is 0. The normalized spacial score (nSPS) is 10.5. The molecule has 1 rings (SSSR count). The van der Waals surface area contributed by atoms with Crippen LogP contribution in [0.2, 0.25) is 0 Å². The van der Waals surface area contributed by atoms with Crippen molar-refractivity contribution < 1.29 is 9.53 Å². The van der Waals surface area contributed by atoms with E-state index in [9.17, 15) is 4.79 Å². The Morgan fingerprint density at radius 2 is 2.27 bits per heavy atom. The van der Waals surface area contributed by atoms with Gasteiger partial charge in [-0.2, -0.15) is 10.2 Å². The number of ether oxygens (including phenoxy) is 1. The molecule has 0 aromatic carbocycles. The third-order valence-electron chi connectivity index (χ3n) is 1.56. The van der Waals surface area contributed by atoms with Crippen molar-refractivity contribution in [2.45, 2.75) is 12.5 Å². The summed E-state index contributed by atoms with van der Waals surface area (Å²) in [6.07, 6.45) is 1.91. The number of halogens is 2. The van der Waals surface area contributed by atoms with Gasteiger partial charge in [-0.25, -0.2) is 0 Å². The molecule has 0 aliphatic heterocycles. The van der Waals surface area contributed by atoms with Crippen LogP contribution in [0.4, 0.5) is 0 Å². The molecule has 0 saturated carbocycles. The first-order valence-electron chi connectivity index (χ1n) is 3.84. The highest BCUT2D eigenvalue weighted by molar-refractivity contribution is 5.85. The summed E-state index contributed by atoms with van der Waals surface area (Å²) in [4.78, 5) is 10.9. The van der Waals surface area contributed by atoms with E-state index in [0.717, 1.165) is 0 Å². The molecule has 0 saturated heterocycles. The third kappa shape index (κ3) is 5.51. The number of esters is 1. The third-order valence-corrected chi connectivity index (χ3v) is 1.56. The molecule has 0 spiro atoms. The molecule has 15 heavy (non-hydrogen) atoms. The molecule has 0 radical (unpaired) electrons. The minimum atomic E-state index is -0.665. The summed E-state index contributed by atoms with van der Waals surface area (Å²) in [5.74, 6) is -0.439. The molecule has 1 atom stereocenters. The average molecular weight is 254 g/mol. The zero-order valence-electron chi connectivity index (χ0n) is 8.12. The van der Waals surface area contributed by atoms with Gasteiger partial charge in [0.15, 0.2) is 0 Å². The lowest BCUT2D eigenvalue weighted by Gasteiger charge is -2.06. The molecule has 5 nitrogen and oxygen atoms in total. The summed E-state index contributed by atoms with van der Waals surface area (Å²) in [5.41, 5.74) is 6.20. The van der Waals surface area contributed by atoms with Crippen molar-refractivity contribution in [1.29, 1.82) is 0 Å². The zero-order chi connectivity index (χ0) is 9.68. The number of methoxy groups -OCH3 is 1. The van der Waals surface area contributed by atoms with Gasteiger partial charge in [0, 0.05) is 12.6 Å². The van der Waals surface area contributed by atoms with Crippen LogP contribution in [-0.2, 0) is 16.0 Å². The van der Waals surface area contributed by atoms with E-state index in [0.29, 0.717) is 12.1 Å². The minimum absolute atomic E-state index is 0. The molecule has 2 N–H and O–H groups in total. The lowest BCUT2D eigenvalue weighted by atomic mass is 10.1. The van der Waals surface area contributed by atoms with Gasteiger partial charge in [0.25, 0.3) is 0 Å². The van der Waals surface area contributed by atoms with Crippen molar-refractivity contribution in [3.63, 3.8) is 0 Å². The van der Waals surface area contributed by atoms with Crippen molar-refractivity contribution in [2.24, 2.45) is 5.73 Å². The Labute approximate surface area is 100 Å². The monoisotopic (exact) mass is 253 g/mol. The van der Waals surface area contributed by atoms with Gasteiger partial charge in [-0.05, 0) is 12.1 Å². The predicted molar refractivity (Wildman–Crippen MR) is 60.2 cm³/mol. The summed E-state index contributed by atoms with van der Waals surface area (Å²) in [6, 6.07) is 2.84. The van der Waals surface area contributed by atoms with Gasteiger partial charge in [-0.1, -0.05) is 0 Å². The van der Waals surface area contributed by atoms with Crippen molar-refractivity contribution in [2.75, 3.05) is 7.11 Å². The molecule has 1 heterocycles. The number of aromatic nitrogens is 2. The summed E-state index contributed by atoms with van der Waals surface area (Å²) in [7, 11) is 1.30. The highest BCUT2D eigenvalue weighted by Crippen LogP contribution is 1.97. The summed E-state index contributed by atoms with van der Waals surface area (Å²) in [6.45, 7) is 0. The lowest BCUT2D eigenvalue weighted by molar-refractivity contribution is -0.142. The number of carbonyl (C=O) groups is 1. The number of nitrogens with zero attached hydrogens (tertiary/aromatic N) is 2. The van der Waals surface area contributed by atoms with Crippen LogP contribution in [0.25, 0.3) is 0 Å². The molecular formula is C8H13Cl2N3O2. The molecule has 0 aliphatic rings. The summed E-state index contributed by atoms with van der Waals surface area (Å²) < 4.78 is 4.47. The molecule has 86 valence electrons. The highest BCUT2D eigenvalue weighted by Gasteiger charge is 2.14. The van der Waals surface area contributed by atoms with Crippen LogP contribution in [0.5, 0.6) is 0 Å². The fourth-order valence-electron chi connectivity index (χ4n) is 0.902. The van der Waals surface area contributed by atoms with Crippen LogP contribution >= 0.6 is 24.8 Å². The van der Waals surface area contributed by atoms with Gasteiger partial charge < -0.3 is 10.5 Å². The van der Waals surface area contributed by atoms with E-state index >= 15 is 0 Å². The van der Waals surface area contributed by atoms with Gasteiger partial charge in [-0.3, -0.25) is 4.79 Å². The number of rotatable bonds is 3. The van der Waals surface area contributed by atoms with Crippen LogP contribution in [0.3, 0.4) is 0 Å². The van der Waals surface area contributed by atoms with Crippen molar-refractivity contribution >= 4 is 30.8 Å². The van der Waals surface area contributed by atoms with Crippen molar-refractivity contribution in [3.8, 4) is 0 Å². The number of hydrogen-bond acceptors (Lipinski definition) is 5. The first-order chi connectivity index (χ1) is 6.24. The molecule has 7 heteroatoms. The molecule has 0 unspecified atom stereocenters. The Hall–Kier alpha value is -0.910. The second kappa shape index (κ2) is 8.40. The topological polar surface area (TPSA) is 78.1 Å². The molecule has 1 aromatic rings. The lowest BCUT2D eigenvalue weighted by Crippen LogP contribution is -2.33. The fourth-order valence-corrected chi connectivity index (χ4v) is 0.902. The second-order valence-corrected chi connectivity index (χ2v) is 2.55. The van der Waals surface area contributed by atoms with E-state index in [2.05, 4.69) is 14.9 Å². The van der Waals surface area contributed by atoms with Crippen LogP contribution in [0.15, 0.2) is 18.3 Å². The second-order valence-electron chi connectivity index (χ2n) is 2.55. The molecule has 0 amide bonds. The first kappa shape index (κ1) is 16.5. The van der Waals surface area contributed by atoms with E-state index in [1.165, 1.54) is 7.11 Å². The van der Waals surface area contributed by atoms with Crippen LogP contribution in [0, 0.1) is 0 Å². The zero-order valence-corrected chi connectivity index (χ0v) is 9.75. The standard InChI is InChI=1S/C8H11N3O2.2ClH/c1-13-8(12)7(9)5-6-3-2-4-10-11-6;;/h2-4,7H,5,9H2,1H3;2*1H/t7-;;/m1../s1. The van der Waals surface area contributed by atoms with Crippen LogP contribution < -0.4 is 5.73 Å². The first-order valence-corrected chi connectivity index (χ1v) is 3.84. The number of carbonyl (C=O) groups excluding carboxylic acids is 1. The van der Waals surface area contributed by atoms with Gasteiger partial charge in [0.05, 0.1) is 12.8 Å². The van der Waals surface area contributed by atoms with Crippen molar-refractivity contribution in [1.82, 2.24) is 10.2 Å². The Morgan fingerprint density at radius 3 is 2.73 bits per heavy atom. The maximum atomic E-state index is 10.9. The largest absolute Gasteiger partial charge is 0.468 e. The van der Waals surface area contributed by atoms with Gasteiger partial charge in [-0.15, -0.1) is 24.8 Å². The molecular weight excluding hydrogens is 241 g/mol. The number of nitrogens with two attached hydrogens (primary N) is 1. The van der Waals surface area contributed by atoms with Crippen LogP contribution in [-0.4, -0.2) is 29.3 Å². The molecule has 1 aromatic heterocycles. The Morgan fingerprint density at radius 1 is 1.60 bits per heavy atom. The van der Waals surface area contributed by atoms with E-state index in [-0.39, 0.29) is 24.8 Å².